The van der Waals surface area contributed by atoms with Gasteiger partial charge in [0.2, 0.25) is 5.91 Å². The van der Waals surface area contributed by atoms with E-state index in [2.05, 4.69) is 17.5 Å². The van der Waals surface area contributed by atoms with Gasteiger partial charge in [-0.15, -0.1) is 0 Å². The number of hydrazone groups is 1. The second-order valence-electron chi connectivity index (χ2n) is 13.0. The van der Waals surface area contributed by atoms with Gasteiger partial charge in [0.1, 0.15) is 6.61 Å². The van der Waals surface area contributed by atoms with Crippen LogP contribution in [0.3, 0.4) is 0 Å². The fourth-order valence-corrected chi connectivity index (χ4v) is 9.40. The van der Waals surface area contributed by atoms with E-state index in [4.69, 9.17) is 4.74 Å². The normalized spacial score (nSPS) is 43.3. The van der Waals surface area contributed by atoms with Crippen molar-refractivity contribution >= 4 is 18.1 Å². The van der Waals surface area contributed by atoms with Gasteiger partial charge in [0.05, 0.1) is 23.7 Å². The van der Waals surface area contributed by atoms with Gasteiger partial charge in [-0.25, -0.2) is 10.2 Å². The largest absolute Gasteiger partial charge is 0.458 e. The number of carbonyl (C=O) groups excluding carboxylic acids is 2. The lowest BCUT2D eigenvalue weighted by Gasteiger charge is -2.65. The molecule has 1 aliphatic heterocycles. The third-order valence-electron chi connectivity index (χ3n) is 11.3. The first-order chi connectivity index (χ1) is 18.6. The van der Waals surface area contributed by atoms with Crippen molar-refractivity contribution in [2.24, 2.45) is 33.7 Å². The first-order valence-corrected chi connectivity index (χ1v) is 14.5. The molecule has 1 amide bonds. The maximum Gasteiger partial charge on any atom is 0.331 e. The molecule has 6 rings (SSSR count). The molecule has 0 spiro atoms. The van der Waals surface area contributed by atoms with Gasteiger partial charge in [-0.3, -0.25) is 4.79 Å². The van der Waals surface area contributed by atoms with Crippen LogP contribution in [0.15, 0.2) is 47.1 Å². The number of cyclic esters (lactones) is 1. The monoisotopic (exact) mass is 536 g/mol. The van der Waals surface area contributed by atoms with Gasteiger partial charge in [-0.05, 0) is 80.3 Å². The Hall–Kier alpha value is -2.55. The number of amides is 1. The van der Waals surface area contributed by atoms with Crippen LogP contribution in [0.25, 0.3) is 0 Å². The van der Waals surface area contributed by atoms with E-state index in [-0.39, 0.29) is 47.9 Å². The maximum absolute atomic E-state index is 12.6. The number of nitrogens with zero attached hydrogens (tertiary/aromatic N) is 1. The minimum Gasteiger partial charge on any atom is -0.458 e. The van der Waals surface area contributed by atoms with E-state index in [1.165, 1.54) is 0 Å². The highest BCUT2D eigenvalue weighted by Gasteiger charge is 2.71. The highest BCUT2D eigenvalue weighted by molar-refractivity contribution is 5.85. The molecule has 1 aromatic rings. The van der Waals surface area contributed by atoms with Crippen molar-refractivity contribution in [2.45, 2.75) is 88.4 Å². The number of carbonyl (C=O) groups is 2. The summed E-state index contributed by atoms with van der Waals surface area (Å²) in [5.74, 6) is -0.528. The van der Waals surface area contributed by atoms with Crippen molar-refractivity contribution in [3.63, 3.8) is 0 Å². The topological polar surface area (TPSA) is 128 Å². The Morgan fingerprint density at radius 2 is 1.85 bits per heavy atom. The molecule has 39 heavy (non-hydrogen) atoms. The van der Waals surface area contributed by atoms with Crippen molar-refractivity contribution < 1.29 is 29.6 Å². The van der Waals surface area contributed by atoms with E-state index >= 15 is 0 Å². The van der Waals surface area contributed by atoms with Gasteiger partial charge in [0.25, 0.3) is 0 Å². The first kappa shape index (κ1) is 26.7. The molecule has 210 valence electrons. The van der Waals surface area contributed by atoms with Crippen LogP contribution in [-0.2, 0) is 20.7 Å². The molecule has 0 saturated heterocycles. The summed E-state index contributed by atoms with van der Waals surface area (Å²) in [5, 5.41) is 39.5. The lowest BCUT2D eigenvalue weighted by Crippen LogP contribution is -2.68. The Bertz CT molecular complexity index is 1200. The molecule has 4 saturated carbocycles. The number of ether oxygens (including phenoxy) is 1. The molecule has 1 heterocycles. The summed E-state index contributed by atoms with van der Waals surface area (Å²) >= 11 is 0. The second-order valence-corrected chi connectivity index (χ2v) is 13.0. The molecular formula is C31H40N2O6. The highest BCUT2D eigenvalue weighted by atomic mass is 16.5. The molecule has 4 aliphatic carbocycles. The van der Waals surface area contributed by atoms with Crippen LogP contribution in [-0.4, -0.2) is 57.3 Å². The summed E-state index contributed by atoms with van der Waals surface area (Å²) in [6, 6.07) is 9.48. The van der Waals surface area contributed by atoms with Gasteiger partial charge < -0.3 is 20.1 Å². The van der Waals surface area contributed by atoms with Gasteiger partial charge in [-0.2, -0.15) is 5.10 Å². The van der Waals surface area contributed by atoms with E-state index in [0.717, 1.165) is 30.4 Å². The Morgan fingerprint density at radius 1 is 1.08 bits per heavy atom. The first-order valence-electron chi connectivity index (χ1n) is 14.5. The van der Waals surface area contributed by atoms with Crippen LogP contribution in [0.4, 0.5) is 0 Å². The van der Waals surface area contributed by atoms with Crippen LogP contribution < -0.4 is 5.43 Å². The highest BCUT2D eigenvalue weighted by Crippen LogP contribution is 2.70. The van der Waals surface area contributed by atoms with Gasteiger partial charge in [0.15, 0.2) is 0 Å². The van der Waals surface area contributed by atoms with E-state index in [1.54, 1.807) is 12.3 Å². The van der Waals surface area contributed by atoms with Crippen LogP contribution in [0.2, 0.25) is 0 Å². The summed E-state index contributed by atoms with van der Waals surface area (Å²) in [5.41, 5.74) is 1.32. The molecule has 8 heteroatoms. The van der Waals surface area contributed by atoms with Crippen molar-refractivity contribution in [3.8, 4) is 0 Å². The Kier molecular flexibility index (Phi) is 6.51. The lowest BCUT2D eigenvalue weighted by atomic mass is 9.41. The van der Waals surface area contributed by atoms with E-state index in [9.17, 15) is 24.9 Å². The van der Waals surface area contributed by atoms with Gasteiger partial charge >= 0.3 is 5.97 Å². The number of hydrogen-bond donors (Lipinski definition) is 4. The van der Waals surface area contributed by atoms with Gasteiger partial charge in [-0.1, -0.05) is 37.3 Å². The Balaban J connectivity index is 1.29. The zero-order valence-corrected chi connectivity index (χ0v) is 22.6. The number of benzene rings is 1. The molecule has 0 aromatic heterocycles. The third-order valence-corrected chi connectivity index (χ3v) is 11.3. The van der Waals surface area contributed by atoms with Crippen molar-refractivity contribution in [3.05, 3.63) is 47.5 Å². The predicted molar refractivity (Wildman–Crippen MR) is 144 cm³/mol. The fraction of sp³-hybridized carbons (Fsp3) is 0.645. The number of nitrogens with one attached hydrogen (secondary N) is 1. The SMILES string of the molecule is C[C@]12CC[C@H]3[C@@H](CC[C@]4(O)C[C@H](O)CC[C@]34/C=N\NC(=O)Cc3ccccc3)[C@@]1(O)CC[C@@H]2C1=CC(=O)OC1. The molecule has 0 bridgehead atoms. The fourth-order valence-electron chi connectivity index (χ4n) is 9.40. The molecule has 1 aromatic carbocycles. The minimum absolute atomic E-state index is 0.0363. The van der Waals surface area contributed by atoms with E-state index < -0.39 is 22.7 Å². The Labute approximate surface area is 229 Å². The van der Waals surface area contributed by atoms with Crippen LogP contribution in [0, 0.1) is 28.6 Å². The number of rotatable bonds is 5. The molecular weight excluding hydrogens is 496 g/mol. The number of aliphatic hydroxyl groups excluding tert-OH is 1. The zero-order chi connectivity index (χ0) is 27.5. The number of esters is 1. The summed E-state index contributed by atoms with van der Waals surface area (Å²) < 4.78 is 5.23. The average Bonchev–Trinajstić information content (AvgIpc) is 3.44. The molecule has 8 atom stereocenters. The Morgan fingerprint density at radius 3 is 2.59 bits per heavy atom. The molecule has 0 radical (unpaired) electrons. The number of fused-ring (bicyclic) bond motifs is 5. The van der Waals surface area contributed by atoms with Crippen LogP contribution >= 0.6 is 0 Å². The quantitative estimate of drug-likeness (QED) is 0.260. The molecule has 4 N–H and O–H groups in total. The summed E-state index contributed by atoms with van der Waals surface area (Å²) in [6.45, 7) is 2.47. The summed E-state index contributed by atoms with van der Waals surface area (Å²) in [4.78, 5) is 24.5. The lowest BCUT2D eigenvalue weighted by molar-refractivity contribution is -0.237. The van der Waals surface area contributed by atoms with Crippen molar-refractivity contribution in [1.29, 1.82) is 0 Å². The smallest absolute Gasteiger partial charge is 0.331 e. The standard InChI is InChI=1S/C31H40N2O6/c1-28-11-8-24-25(31(28,38)14-10-23(28)21-16-27(36)39-18-21)9-13-30(37)17-22(34)7-12-29(24,30)19-32-33-26(35)15-20-5-3-2-4-6-20/h2-6,16,19,22-25,34,37-38H,7-15,17-18H2,1H3,(H,33,35)/b32-19-/t22-,23-,24+,25-,28-,29+,30+,31+/m1/s1. The maximum atomic E-state index is 12.6. The van der Waals surface area contributed by atoms with E-state index in [1.807, 2.05) is 30.3 Å². The van der Waals surface area contributed by atoms with E-state index in [0.29, 0.717) is 38.7 Å². The zero-order valence-electron chi connectivity index (χ0n) is 22.6. The summed E-state index contributed by atoms with van der Waals surface area (Å²) in [6.07, 6.45) is 8.48. The van der Waals surface area contributed by atoms with Crippen molar-refractivity contribution in [1.82, 2.24) is 5.43 Å². The third kappa shape index (κ3) is 4.09. The van der Waals surface area contributed by atoms with Gasteiger partial charge in [0, 0.05) is 29.5 Å². The number of hydrogen-bond acceptors (Lipinski definition) is 7. The molecule has 4 fully saturated rings. The molecule has 0 unspecified atom stereocenters. The molecule has 8 nitrogen and oxygen atoms in total. The van der Waals surface area contributed by atoms with Crippen LogP contribution in [0.1, 0.15) is 70.3 Å². The average molecular weight is 537 g/mol. The number of aliphatic hydroxyl groups is 3. The van der Waals surface area contributed by atoms with Crippen molar-refractivity contribution in [2.75, 3.05) is 6.61 Å². The second kappa shape index (κ2) is 9.53. The minimum atomic E-state index is -1.16. The molecule has 5 aliphatic rings. The summed E-state index contributed by atoms with van der Waals surface area (Å²) in [7, 11) is 0. The predicted octanol–water partition coefficient (Wildman–Crippen LogP) is 3.04. The van der Waals surface area contributed by atoms with Crippen LogP contribution in [0.5, 0.6) is 0 Å².